The van der Waals surface area contributed by atoms with Crippen LogP contribution in [-0.2, 0) is 9.59 Å². The summed E-state index contributed by atoms with van der Waals surface area (Å²) >= 11 is 0. The fourth-order valence-corrected chi connectivity index (χ4v) is 3.91. The van der Waals surface area contributed by atoms with Crippen LogP contribution in [0.25, 0.3) is 0 Å². The monoisotopic (exact) mass is 344 g/mol. The van der Waals surface area contributed by atoms with Crippen LogP contribution in [0.15, 0.2) is 24.4 Å². The molecule has 136 valence electrons. The summed E-state index contributed by atoms with van der Waals surface area (Å²) in [6, 6.07) is 6.24. The maximum atomic E-state index is 12.5. The van der Waals surface area contributed by atoms with Crippen molar-refractivity contribution in [3.63, 3.8) is 0 Å². The van der Waals surface area contributed by atoms with Gasteiger partial charge in [-0.1, -0.05) is 18.9 Å². The van der Waals surface area contributed by atoms with Crippen LogP contribution in [0.2, 0.25) is 0 Å². The van der Waals surface area contributed by atoms with Crippen molar-refractivity contribution in [3.8, 4) is 0 Å². The highest BCUT2D eigenvalue weighted by Gasteiger charge is 2.26. The quantitative estimate of drug-likeness (QED) is 0.819. The van der Waals surface area contributed by atoms with Crippen LogP contribution in [-0.4, -0.2) is 65.4 Å². The smallest absolute Gasteiger partial charge is 0.224 e. The number of nitrogens with zero attached hydrogens (tertiary/aromatic N) is 4. The Bertz CT molecular complexity index is 578. The lowest BCUT2D eigenvalue weighted by Crippen LogP contribution is -2.50. The number of rotatable bonds is 5. The van der Waals surface area contributed by atoms with Gasteiger partial charge in [0.2, 0.25) is 11.8 Å². The van der Waals surface area contributed by atoms with Gasteiger partial charge >= 0.3 is 0 Å². The lowest BCUT2D eigenvalue weighted by Gasteiger charge is -2.36. The maximum Gasteiger partial charge on any atom is 0.224 e. The first-order valence-electron chi connectivity index (χ1n) is 9.36. The molecule has 1 aliphatic carbocycles. The van der Waals surface area contributed by atoms with Crippen molar-refractivity contribution < 1.29 is 9.59 Å². The largest absolute Gasteiger partial charge is 0.353 e. The molecule has 0 radical (unpaired) electrons. The zero-order valence-corrected chi connectivity index (χ0v) is 15.1. The van der Waals surface area contributed by atoms with Crippen molar-refractivity contribution in [2.24, 2.45) is 0 Å². The van der Waals surface area contributed by atoms with E-state index in [1.54, 1.807) is 13.1 Å². The van der Waals surface area contributed by atoms with E-state index in [0.717, 1.165) is 44.8 Å². The molecular formula is C19H28N4O2. The summed E-state index contributed by atoms with van der Waals surface area (Å²) in [6.45, 7) is 5.23. The average Bonchev–Trinajstić information content (AvgIpc) is 3.16. The molecule has 1 aromatic rings. The summed E-state index contributed by atoms with van der Waals surface area (Å²) in [4.78, 5) is 34.9. The highest BCUT2D eigenvalue weighted by atomic mass is 16.2. The Morgan fingerprint density at radius 1 is 1.16 bits per heavy atom. The third-order valence-corrected chi connectivity index (χ3v) is 5.34. The van der Waals surface area contributed by atoms with Gasteiger partial charge in [-0.05, 0) is 25.0 Å². The number of aromatic nitrogens is 1. The number of anilines is 1. The molecule has 0 spiro atoms. The number of carbonyl (C=O) groups excluding carboxylic acids is 2. The first kappa shape index (κ1) is 17.7. The molecule has 25 heavy (non-hydrogen) atoms. The van der Waals surface area contributed by atoms with E-state index in [1.807, 2.05) is 28.0 Å². The molecule has 0 bridgehead atoms. The zero-order valence-electron chi connectivity index (χ0n) is 15.1. The fraction of sp³-hybridized carbons (Fsp3) is 0.632. The van der Waals surface area contributed by atoms with Crippen LogP contribution in [0.3, 0.4) is 0 Å². The van der Waals surface area contributed by atoms with Crippen molar-refractivity contribution in [3.05, 3.63) is 24.4 Å². The van der Waals surface area contributed by atoms with Crippen molar-refractivity contribution in [1.82, 2.24) is 14.8 Å². The maximum absolute atomic E-state index is 12.5. The third-order valence-electron chi connectivity index (χ3n) is 5.34. The van der Waals surface area contributed by atoms with Gasteiger partial charge in [0.1, 0.15) is 5.82 Å². The lowest BCUT2D eigenvalue weighted by molar-refractivity contribution is -0.134. The van der Waals surface area contributed by atoms with Crippen LogP contribution in [0.1, 0.15) is 39.0 Å². The summed E-state index contributed by atoms with van der Waals surface area (Å²) in [5.74, 6) is 1.23. The van der Waals surface area contributed by atoms with E-state index in [9.17, 15) is 9.59 Å². The van der Waals surface area contributed by atoms with Crippen LogP contribution in [0, 0.1) is 0 Å². The van der Waals surface area contributed by atoms with Crippen molar-refractivity contribution in [1.29, 1.82) is 0 Å². The summed E-state index contributed by atoms with van der Waals surface area (Å²) in [7, 11) is 0. The molecule has 1 aliphatic heterocycles. The van der Waals surface area contributed by atoms with Crippen LogP contribution < -0.4 is 4.90 Å². The van der Waals surface area contributed by atoms with Crippen LogP contribution >= 0.6 is 0 Å². The van der Waals surface area contributed by atoms with Gasteiger partial charge < -0.3 is 14.7 Å². The molecule has 3 rings (SSSR count). The highest BCUT2D eigenvalue weighted by Crippen LogP contribution is 2.24. The van der Waals surface area contributed by atoms with Gasteiger partial charge in [-0.2, -0.15) is 0 Å². The van der Waals surface area contributed by atoms with E-state index >= 15 is 0 Å². The Kier molecular flexibility index (Phi) is 5.89. The second-order valence-electron chi connectivity index (χ2n) is 6.96. The van der Waals surface area contributed by atoms with Gasteiger partial charge in [0.05, 0.1) is 0 Å². The summed E-state index contributed by atoms with van der Waals surface area (Å²) < 4.78 is 0. The summed E-state index contributed by atoms with van der Waals surface area (Å²) in [6.07, 6.45) is 6.77. The second kappa shape index (κ2) is 8.32. The molecule has 6 nitrogen and oxygen atoms in total. The fourth-order valence-electron chi connectivity index (χ4n) is 3.91. The minimum atomic E-state index is 0.0969. The SMILES string of the molecule is CC(=O)N(CCC(=O)N1CCN(c2ccccn2)CC1)C1CCCC1. The van der Waals surface area contributed by atoms with E-state index < -0.39 is 0 Å². The molecule has 0 aromatic carbocycles. The molecule has 2 heterocycles. The van der Waals surface area contributed by atoms with E-state index in [4.69, 9.17) is 0 Å². The predicted octanol–water partition coefficient (Wildman–Crippen LogP) is 1.91. The topological polar surface area (TPSA) is 56.8 Å². The van der Waals surface area contributed by atoms with Gasteiger partial charge in [0, 0.05) is 58.3 Å². The number of pyridine rings is 1. The Labute approximate surface area is 149 Å². The Morgan fingerprint density at radius 2 is 1.88 bits per heavy atom. The molecule has 2 amide bonds. The first-order chi connectivity index (χ1) is 12.1. The Morgan fingerprint density at radius 3 is 2.48 bits per heavy atom. The van der Waals surface area contributed by atoms with Gasteiger partial charge in [0.15, 0.2) is 0 Å². The number of carbonyl (C=O) groups is 2. The number of hydrogen-bond acceptors (Lipinski definition) is 4. The zero-order chi connectivity index (χ0) is 17.6. The van der Waals surface area contributed by atoms with Crippen molar-refractivity contribution in [2.45, 2.75) is 45.1 Å². The summed E-state index contributed by atoms with van der Waals surface area (Å²) in [5.41, 5.74) is 0. The van der Waals surface area contributed by atoms with Gasteiger partial charge in [0.25, 0.3) is 0 Å². The first-order valence-corrected chi connectivity index (χ1v) is 9.36. The Hall–Kier alpha value is -2.11. The molecule has 0 atom stereocenters. The molecule has 0 N–H and O–H groups in total. The predicted molar refractivity (Wildman–Crippen MR) is 97.3 cm³/mol. The van der Waals surface area contributed by atoms with Crippen LogP contribution in [0.4, 0.5) is 5.82 Å². The molecule has 1 saturated carbocycles. The molecule has 0 unspecified atom stereocenters. The lowest BCUT2D eigenvalue weighted by atomic mass is 10.2. The molecule has 1 aromatic heterocycles. The highest BCUT2D eigenvalue weighted by molar-refractivity contribution is 5.78. The van der Waals surface area contributed by atoms with E-state index in [-0.39, 0.29) is 11.8 Å². The van der Waals surface area contributed by atoms with Crippen molar-refractivity contribution in [2.75, 3.05) is 37.6 Å². The minimum absolute atomic E-state index is 0.0969. The van der Waals surface area contributed by atoms with E-state index in [1.165, 1.54) is 12.8 Å². The van der Waals surface area contributed by atoms with E-state index in [2.05, 4.69) is 9.88 Å². The third kappa shape index (κ3) is 4.50. The van der Waals surface area contributed by atoms with Gasteiger partial charge in [-0.25, -0.2) is 4.98 Å². The summed E-state index contributed by atoms with van der Waals surface area (Å²) in [5, 5.41) is 0. The normalized spacial score (nSPS) is 18.4. The second-order valence-corrected chi connectivity index (χ2v) is 6.96. The number of piperazine rings is 1. The van der Waals surface area contributed by atoms with Crippen LogP contribution in [0.5, 0.6) is 0 Å². The van der Waals surface area contributed by atoms with Gasteiger partial charge in [-0.15, -0.1) is 0 Å². The average molecular weight is 344 g/mol. The van der Waals surface area contributed by atoms with Gasteiger partial charge in [-0.3, -0.25) is 9.59 Å². The number of amides is 2. The molecule has 2 aliphatic rings. The molecule has 6 heteroatoms. The standard InChI is InChI=1S/C19H28N4O2/c1-16(24)23(17-6-2-3-7-17)11-9-19(25)22-14-12-21(13-15-22)18-8-4-5-10-20-18/h4-5,8,10,17H,2-3,6-7,9,11-15H2,1H3. The molecule has 1 saturated heterocycles. The van der Waals surface area contributed by atoms with E-state index in [0.29, 0.717) is 19.0 Å². The number of hydrogen-bond donors (Lipinski definition) is 0. The Balaban J connectivity index is 1.46. The van der Waals surface area contributed by atoms with Crippen molar-refractivity contribution >= 4 is 17.6 Å². The molecule has 2 fully saturated rings. The minimum Gasteiger partial charge on any atom is -0.353 e. The molecular weight excluding hydrogens is 316 g/mol.